The van der Waals surface area contributed by atoms with Crippen molar-refractivity contribution in [1.29, 1.82) is 0 Å². The Morgan fingerprint density at radius 2 is 2.04 bits per heavy atom. The fraction of sp³-hybridized carbons (Fsp3) is 0.700. The number of hydroxylamine groups is 2. The van der Waals surface area contributed by atoms with Crippen molar-refractivity contribution in [3.05, 3.63) is 5.84 Å². The molecule has 0 aromatic carbocycles. The van der Waals surface area contributed by atoms with Gasteiger partial charge in [0, 0.05) is 13.0 Å². The number of amides is 4. The molecule has 13 heteroatoms. The first-order valence-corrected chi connectivity index (χ1v) is 7.87. The quantitative estimate of drug-likeness (QED) is 0.315. The first kappa shape index (κ1) is 20.3. The van der Waals surface area contributed by atoms with Crippen LogP contribution in [0, 0.1) is 0 Å². The van der Waals surface area contributed by atoms with Gasteiger partial charge >= 0.3 is 46.0 Å². The zero-order chi connectivity index (χ0) is 16.7. The summed E-state index contributed by atoms with van der Waals surface area (Å²) in [6.45, 7) is 1.51. The molecule has 23 heavy (non-hydrogen) atoms. The van der Waals surface area contributed by atoms with Gasteiger partial charge in [-0.05, 0) is 12.8 Å². The average Bonchev–Trinajstić information content (AvgIpc) is 2.69. The minimum absolute atomic E-state index is 0. The predicted molar refractivity (Wildman–Crippen MR) is 69.9 cm³/mol. The maximum Gasteiger partial charge on any atom is 1.00 e. The fourth-order valence-electron chi connectivity index (χ4n) is 2.52. The van der Waals surface area contributed by atoms with Crippen LogP contribution in [0.1, 0.15) is 26.2 Å². The minimum Gasteiger partial charge on any atom is -0.574 e. The van der Waals surface area contributed by atoms with Crippen molar-refractivity contribution in [3.63, 3.8) is 0 Å². The number of fused-ring (bicyclic) bond motifs is 2. The molecule has 2 aliphatic rings. The van der Waals surface area contributed by atoms with Gasteiger partial charge in [0.15, 0.2) is 0 Å². The topological polar surface area (TPSA) is 148 Å². The maximum absolute atomic E-state index is 12.1. The summed E-state index contributed by atoms with van der Waals surface area (Å²) in [5.41, 5.74) is 0. The van der Waals surface area contributed by atoms with Crippen molar-refractivity contribution < 1.29 is 61.2 Å². The van der Waals surface area contributed by atoms with Crippen molar-refractivity contribution in [1.82, 2.24) is 15.0 Å². The summed E-state index contributed by atoms with van der Waals surface area (Å²) < 4.78 is 34.4. The number of hydrogen-bond acceptors (Lipinski definition) is 6. The first-order valence-electron chi connectivity index (χ1n) is 6.50. The molecule has 2 saturated heterocycles. The molecule has 11 nitrogen and oxygen atoms in total. The van der Waals surface area contributed by atoms with E-state index in [0.29, 0.717) is 5.06 Å². The number of rotatable bonds is 4. The zero-order valence-electron chi connectivity index (χ0n) is 12.6. The standard InChI is InChI=1S/C10H15N4O7S.Na/c1-2-8(15)13(11)9(16)7-4-3-6-5-12(7)10(17)14(6)21-22(18,19)20;/h6-7,11H,2-5H2,1H3,(H,18,19,20);/q-1;+1/t6-,7+;/m1./s1. The number of urea groups is 1. The molecule has 0 radical (unpaired) electrons. The van der Waals surface area contributed by atoms with Crippen LogP contribution in [0.5, 0.6) is 0 Å². The van der Waals surface area contributed by atoms with Crippen LogP contribution in [0.25, 0.3) is 5.84 Å². The van der Waals surface area contributed by atoms with Crippen LogP contribution in [-0.4, -0.2) is 64.4 Å². The van der Waals surface area contributed by atoms with Gasteiger partial charge in [0.1, 0.15) is 6.04 Å². The molecular formula is C10H15N4NaO7S. The van der Waals surface area contributed by atoms with Crippen molar-refractivity contribution in [2.24, 2.45) is 0 Å². The Bertz CT molecular complexity index is 612. The summed E-state index contributed by atoms with van der Waals surface area (Å²) in [5.74, 6) is 5.92. The van der Waals surface area contributed by atoms with E-state index in [4.69, 9.17) is 10.4 Å². The Hall–Kier alpha value is -0.760. The van der Waals surface area contributed by atoms with Crippen LogP contribution in [0.4, 0.5) is 4.79 Å². The third-order valence-electron chi connectivity index (χ3n) is 3.55. The fourth-order valence-corrected chi connectivity index (χ4v) is 2.91. The summed E-state index contributed by atoms with van der Waals surface area (Å²) in [4.78, 5) is 36.6. The summed E-state index contributed by atoms with van der Waals surface area (Å²) in [6, 6.07) is -2.57. The van der Waals surface area contributed by atoms with Crippen molar-refractivity contribution in [2.75, 3.05) is 6.54 Å². The molecule has 0 unspecified atom stereocenters. The van der Waals surface area contributed by atoms with Crippen molar-refractivity contribution >= 4 is 28.2 Å². The van der Waals surface area contributed by atoms with E-state index < -0.39 is 40.3 Å². The van der Waals surface area contributed by atoms with Crippen LogP contribution < -0.4 is 29.6 Å². The number of nitrogens with zero attached hydrogens (tertiary/aromatic N) is 3. The van der Waals surface area contributed by atoms with E-state index in [1.54, 1.807) is 0 Å². The molecule has 0 aromatic heterocycles. The number of imide groups is 1. The van der Waals surface area contributed by atoms with Gasteiger partial charge in [0.05, 0.1) is 6.04 Å². The molecule has 0 spiro atoms. The smallest absolute Gasteiger partial charge is 0.574 e. The molecule has 2 aliphatic heterocycles. The number of carbonyl (C=O) groups is 3. The van der Waals surface area contributed by atoms with E-state index in [-0.39, 0.29) is 60.4 Å². The Morgan fingerprint density at radius 1 is 1.43 bits per heavy atom. The van der Waals surface area contributed by atoms with Crippen LogP contribution in [-0.2, 0) is 24.3 Å². The molecular weight excluding hydrogens is 343 g/mol. The molecule has 2 rings (SSSR count). The number of hydrogen-bond donors (Lipinski definition) is 1. The Morgan fingerprint density at radius 3 is 2.57 bits per heavy atom. The van der Waals surface area contributed by atoms with E-state index in [0.717, 1.165) is 4.90 Å². The minimum atomic E-state index is -4.86. The second-order valence-corrected chi connectivity index (χ2v) is 5.94. The third-order valence-corrected chi connectivity index (χ3v) is 3.90. The molecule has 2 atom stereocenters. The maximum atomic E-state index is 12.1. The van der Waals surface area contributed by atoms with Crippen LogP contribution in [0.3, 0.4) is 0 Å². The zero-order valence-corrected chi connectivity index (χ0v) is 15.4. The molecule has 2 bridgehead atoms. The molecule has 0 aliphatic carbocycles. The van der Waals surface area contributed by atoms with Crippen molar-refractivity contribution in [3.8, 4) is 0 Å². The molecule has 4 amide bonds. The van der Waals surface area contributed by atoms with Crippen LogP contribution >= 0.6 is 0 Å². The number of piperidine rings is 1. The second kappa shape index (κ2) is 7.42. The van der Waals surface area contributed by atoms with Gasteiger partial charge in [-0.3, -0.25) is 14.1 Å². The first-order chi connectivity index (χ1) is 10.2. The van der Waals surface area contributed by atoms with Gasteiger partial charge in [-0.2, -0.15) is 13.5 Å². The predicted octanol–water partition coefficient (Wildman–Crippen LogP) is -3.27. The molecule has 0 aromatic rings. The summed E-state index contributed by atoms with van der Waals surface area (Å²) >= 11 is 0. The largest absolute Gasteiger partial charge is 1.00 e. The Balaban J connectivity index is 0.00000264. The molecule has 0 saturated carbocycles. The van der Waals surface area contributed by atoms with Gasteiger partial charge < -0.3 is 15.8 Å². The van der Waals surface area contributed by atoms with E-state index in [1.165, 1.54) is 6.92 Å². The van der Waals surface area contributed by atoms with E-state index in [9.17, 15) is 22.8 Å². The number of nitrogens with one attached hydrogen (secondary N) is 1. The van der Waals surface area contributed by atoms with Gasteiger partial charge in [0.2, 0.25) is 11.8 Å². The monoisotopic (exact) mass is 358 g/mol. The van der Waals surface area contributed by atoms with Crippen LogP contribution in [0.15, 0.2) is 0 Å². The number of carbonyl (C=O) groups excluding carboxylic acids is 3. The summed E-state index contributed by atoms with van der Waals surface area (Å²) in [5, 5.41) is 0.711. The van der Waals surface area contributed by atoms with Gasteiger partial charge in [0.25, 0.3) is 0 Å². The van der Waals surface area contributed by atoms with E-state index in [1.807, 2.05) is 0 Å². The summed E-state index contributed by atoms with van der Waals surface area (Å²) in [6.07, 6.45) is 0.367. The van der Waals surface area contributed by atoms with Crippen LogP contribution in [0.2, 0.25) is 0 Å². The van der Waals surface area contributed by atoms with Gasteiger partial charge in [-0.15, -0.1) is 4.28 Å². The molecule has 2 fully saturated rings. The summed E-state index contributed by atoms with van der Waals surface area (Å²) in [7, 11) is -4.86. The molecule has 124 valence electrons. The van der Waals surface area contributed by atoms with Gasteiger partial charge in [-0.1, -0.05) is 6.92 Å². The van der Waals surface area contributed by atoms with E-state index in [2.05, 4.69) is 4.28 Å². The molecule has 2 heterocycles. The second-order valence-electron chi connectivity index (χ2n) is 4.93. The average molecular weight is 358 g/mol. The van der Waals surface area contributed by atoms with Crippen molar-refractivity contribution in [2.45, 2.75) is 38.3 Å². The third kappa shape index (κ3) is 4.21. The SMILES string of the molecule is CCC(=O)N([NH-])C(=O)[C@@H]1CC[C@@H]2CN1C(=O)N2OS(=O)(=O)O.[Na+]. The Labute approximate surface area is 154 Å². The van der Waals surface area contributed by atoms with E-state index >= 15 is 0 Å². The Kier molecular flexibility index (Phi) is 6.55. The molecule has 2 N–H and O–H groups in total. The van der Waals surface area contributed by atoms with Gasteiger partial charge in [-0.25, -0.2) is 4.79 Å². The normalized spacial score (nSPS) is 23.5.